The second-order valence-electron chi connectivity index (χ2n) is 4.79. The number of H-pyrrole nitrogens is 2. The van der Waals surface area contributed by atoms with Gasteiger partial charge in [-0.3, -0.25) is 19.7 Å². The van der Waals surface area contributed by atoms with Crippen molar-refractivity contribution in [2.45, 2.75) is 12.8 Å². The van der Waals surface area contributed by atoms with Crippen molar-refractivity contribution in [1.29, 1.82) is 0 Å². The Morgan fingerprint density at radius 2 is 2.09 bits per heavy atom. The van der Waals surface area contributed by atoms with E-state index in [0.29, 0.717) is 6.42 Å². The fourth-order valence-electron chi connectivity index (χ4n) is 2.11. The number of nitrogens with one attached hydrogen (secondary N) is 2. The van der Waals surface area contributed by atoms with Crippen molar-refractivity contribution in [3.63, 3.8) is 0 Å². The molecule has 0 amide bonds. The largest absolute Gasteiger partial charge is 0.364 e. The average Bonchev–Trinajstić information content (AvgIpc) is 3.19. The van der Waals surface area contributed by atoms with Crippen molar-refractivity contribution in [2.75, 3.05) is 0 Å². The van der Waals surface area contributed by atoms with Crippen molar-refractivity contribution >= 4 is 11.6 Å². The lowest BCUT2D eigenvalue weighted by Crippen LogP contribution is -2.17. The maximum absolute atomic E-state index is 11.9. The first-order chi connectivity index (χ1) is 10.7. The highest BCUT2D eigenvalue weighted by Crippen LogP contribution is 2.10. The molecule has 0 saturated carbocycles. The smallest absolute Gasteiger partial charge is 0.265 e. The van der Waals surface area contributed by atoms with Crippen LogP contribution >= 0.6 is 0 Å². The summed E-state index contributed by atoms with van der Waals surface area (Å²) in [5.74, 6) is -1.22. The van der Waals surface area contributed by atoms with Gasteiger partial charge in [-0.2, -0.15) is 5.10 Å². The first-order valence-corrected chi connectivity index (χ1v) is 6.71. The Morgan fingerprint density at radius 1 is 1.18 bits per heavy atom. The molecule has 0 aliphatic heterocycles. The molecule has 0 aromatic carbocycles. The highest BCUT2D eigenvalue weighted by atomic mass is 16.2. The third kappa shape index (κ3) is 3.14. The Hall–Kier alpha value is -3.09. The molecule has 0 aliphatic carbocycles. The van der Waals surface area contributed by atoms with Gasteiger partial charge in [-0.15, -0.1) is 0 Å². The van der Waals surface area contributed by atoms with Crippen LogP contribution in [0.1, 0.15) is 27.6 Å². The Morgan fingerprint density at radius 3 is 2.82 bits per heavy atom. The molecule has 3 aromatic rings. The second kappa shape index (κ2) is 6.13. The molecule has 0 radical (unpaired) electrons. The van der Waals surface area contributed by atoms with Crippen LogP contribution in [0.25, 0.3) is 0 Å². The lowest BCUT2D eigenvalue weighted by atomic mass is 10.1. The standard InChI is InChI=1S/C15H13N5O2/c21-13(14(22)15-18-9-19-20-15)6-10-5-12(17-8-10)7-11-3-1-2-4-16-11/h1-5,8-9,17H,6-7H2,(H,18,19,20). The van der Waals surface area contributed by atoms with Crippen LogP contribution in [0.5, 0.6) is 0 Å². The Balaban J connectivity index is 1.64. The summed E-state index contributed by atoms with van der Waals surface area (Å²) in [6, 6.07) is 7.57. The van der Waals surface area contributed by atoms with Gasteiger partial charge in [0.1, 0.15) is 6.33 Å². The third-order valence-corrected chi connectivity index (χ3v) is 3.15. The molecule has 7 nitrogen and oxygen atoms in total. The van der Waals surface area contributed by atoms with Gasteiger partial charge in [0.15, 0.2) is 5.82 Å². The number of aromatic nitrogens is 5. The fraction of sp³-hybridized carbons (Fsp3) is 0.133. The first-order valence-electron chi connectivity index (χ1n) is 6.71. The molecule has 2 N–H and O–H groups in total. The molecule has 22 heavy (non-hydrogen) atoms. The highest BCUT2D eigenvalue weighted by Gasteiger charge is 2.19. The van der Waals surface area contributed by atoms with E-state index in [0.717, 1.165) is 17.0 Å². The fourth-order valence-corrected chi connectivity index (χ4v) is 2.11. The van der Waals surface area contributed by atoms with Crippen molar-refractivity contribution in [3.05, 3.63) is 65.8 Å². The van der Waals surface area contributed by atoms with Crippen LogP contribution in [-0.4, -0.2) is 36.7 Å². The molecule has 0 spiro atoms. The van der Waals surface area contributed by atoms with E-state index < -0.39 is 11.6 Å². The normalized spacial score (nSPS) is 10.5. The molecular formula is C15H13N5O2. The van der Waals surface area contributed by atoms with Gasteiger partial charge < -0.3 is 4.98 Å². The summed E-state index contributed by atoms with van der Waals surface area (Å²) in [6.45, 7) is 0. The molecule has 0 saturated heterocycles. The number of nitrogens with zero attached hydrogens (tertiary/aromatic N) is 3. The van der Waals surface area contributed by atoms with Crippen molar-refractivity contribution < 1.29 is 9.59 Å². The van der Waals surface area contributed by atoms with E-state index in [-0.39, 0.29) is 12.2 Å². The minimum Gasteiger partial charge on any atom is -0.364 e. The van der Waals surface area contributed by atoms with Crippen LogP contribution in [0.4, 0.5) is 0 Å². The number of ketones is 2. The molecule has 0 bridgehead atoms. The molecule has 0 atom stereocenters. The number of carbonyl (C=O) groups is 2. The molecule has 3 aromatic heterocycles. The summed E-state index contributed by atoms with van der Waals surface area (Å²) in [5.41, 5.74) is 2.62. The van der Waals surface area contributed by atoms with Gasteiger partial charge in [0.25, 0.3) is 5.78 Å². The molecular weight excluding hydrogens is 282 g/mol. The van der Waals surface area contributed by atoms with E-state index in [2.05, 4.69) is 25.1 Å². The van der Waals surface area contributed by atoms with Crippen LogP contribution in [0.2, 0.25) is 0 Å². The summed E-state index contributed by atoms with van der Waals surface area (Å²) < 4.78 is 0. The highest BCUT2D eigenvalue weighted by molar-refractivity contribution is 6.43. The minimum absolute atomic E-state index is 0.0260. The summed E-state index contributed by atoms with van der Waals surface area (Å²) >= 11 is 0. The quantitative estimate of drug-likeness (QED) is 0.523. The van der Waals surface area contributed by atoms with E-state index in [1.54, 1.807) is 12.4 Å². The van der Waals surface area contributed by atoms with Gasteiger partial charge in [0.05, 0.1) is 0 Å². The second-order valence-corrected chi connectivity index (χ2v) is 4.79. The van der Waals surface area contributed by atoms with Crippen molar-refractivity contribution in [1.82, 2.24) is 25.1 Å². The van der Waals surface area contributed by atoms with Crippen molar-refractivity contribution in [3.8, 4) is 0 Å². The van der Waals surface area contributed by atoms with E-state index in [1.165, 1.54) is 6.33 Å². The predicted molar refractivity (Wildman–Crippen MR) is 77.3 cm³/mol. The number of rotatable bonds is 6. The molecule has 3 rings (SSSR count). The summed E-state index contributed by atoms with van der Waals surface area (Å²) in [5, 5.41) is 5.96. The lowest BCUT2D eigenvalue weighted by Gasteiger charge is -1.97. The summed E-state index contributed by atoms with van der Waals surface area (Å²) in [4.78, 5) is 34.7. The molecule has 0 unspecified atom stereocenters. The number of carbonyl (C=O) groups excluding carboxylic acids is 2. The first kappa shape index (κ1) is 13.9. The van der Waals surface area contributed by atoms with E-state index >= 15 is 0 Å². The van der Waals surface area contributed by atoms with E-state index in [9.17, 15) is 9.59 Å². The Labute approximate surface area is 125 Å². The number of hydrogen-bond acceptors (Lipinski definition) is 5. The van der Waals surface area contributed by atoms with Gasteiger partial charge in [-0.1, -0.05) is 6.07 Å². The Kier molecular flexibility index (Phi) is 3.86. The van der Waals surface area contributed by atoms with Crippen LogP contribution in [0.15, 0.2) is 43.0 Å². The summed E-state index contributed by atoms with van der Waals surface area (Å²) in [6.07, 6.45) is 5.33. The zero-order chi connectivity index (χ0) is 15.4. The minimum atomic E-state index is -0.662. The van der Waals surface area contributed by atoms with Gasteiger partial charge in [-0.05, 0) is 23.8 Å². The van der Waals surface area contributed by atoms with Crippen LogP contribution in [-0.2, 0) is 17.6 Å². The molecule has 0 aliphatic rings. The SMILES string of the molecule is O=C(Cc1c[nH]c(Cc2ccccn2)c1)C(=O)c1ncn[nH]1. The number of Topliss-reactive ketones (excluding diaryl/α,β-unsaturated/α-hetero) is 2. The third-order valence-electron chi connectivity index (χ3n) is 3.15. The van der Waals surface area contributed by atoms with Gasteiger partial charge >= 0.3 is 0 Å². The molecule has 110 valence electrons. The van der Waals surface area contributed by atoms with Crippen LogP contribution < -0.4 is 0 Å². The lowest BCUT2D eigenvalue weighted by molar-refractivity contribution is -0.114. The Bertz CT molecular complexity index is 777. The number of hydrogen-bond donors (Lipinski definition) is 2. The van der Waals surface area contributed by atoms with Crippen LogP contribution in [0, 0.1) is 0 Å². The van der Waals surface area contributed by atoms with Crippen LogP contribution in [0.3, 0.4) is 0 Å². The van der Waals surface area contributed by atoms with Gasteiger partial charge in [-0.25, -0.2) is 4.98 Å². The predicted octanol–water partition coefficient (Wildman–Crippen LogP) is 1.11. The van der Waals surface area contributed by atoms with Gasteiger partial charge in [0.2, 0.25) is 5.78 Å². The van der Waals surface area contributed by atoms with E-state index in [1.807, 2.05) is 24.3 Å². The maximum Gasteiger partial charge on any atom is 0.265 e. The van der Waals surface area contributed by atoms with Crippen molar-refractivity contribution in [2.24, 2.45) is 0 Å². The zero-order valence-corrected chi connectivity index (χ0v) is 11.6. The molecule has 3 heterocycles. The topological polar surface area (TPSA) is 104 Å². The molecule has 7 heteroatoms. The molecule has 0 fully saturated rings. The van der Waals surface area contributed by atoms with E-state index in [4.69, 9.17) is 0 Å². The number of aromatic amines is 2. The number of pyridine rings is 1. The maximum atomic E-state index is 11.9. The monoisotopic (exact) mass is 295 g/mol. The van der Waals surface area contributed by atoms with Gasteiger partial charge in [0, 0.05) is 36.6 Å². The summed E-state index contributed by atoms with van der Waals surface area (Å²) in [7, 11) is 0. The average molecular weight is 295 g/mol. The zero-order valence-electron chi connectivity index (χ0n) is 11.6.